The quantitative estimate of drug-likeness (QED) is 0.669. The molecule has 0 unspecified atom stereocenters. The first kappa shape index (κ1) is 16.1. The van der Waals surface area contributed by atoms with E-state index in [9.17, 15) is 4.79 Å². The van der Waals surface area contributed by atoms with Crippen molar-refractivity contribution < 1.29 is 4.79 Å². The third-order valence-corrected chi connectivity index (χ3v) is 5.16. The molecule has 0 radical (unpaired) electrons. The molecule has 7 heteroatoms. The van der Waals surface area contributed by atoms with Crippen molar-refractivity contribution in [3.05, 3.63) is 39.3 Å². The lowest BCUT2D eigenvalue weighted by atomic mass is 10.3. The highest BCUT2D eigenvalue weighted by atomic mass is 35.5. The second-order valence-electron chi connectivity index (χ2n) is 4.68. The molecule has 0 aliphatic heterocycles. The van der Waals surface area contributed by atoms with Gasteiger partial charge in [0.1, 0.15) is 5.01 Å². The summed E-state index contributed by atoms with van der Waals surface area (Å²) in [6, 6.07) is 5.43. The van der Waals surface area contributed by atoms with Gasteiger partial charge < -0.3 is 10.6 Å². The largest absolute Gasteiger partial charge is 0.399 e. The maximum absolute atomic E-state index is 11.6. The maximum Gasteiger partial charge on any atom is 0.228 e. The Kier molecular flexibility index (Phi) is 5.50. The van der Waals surface area contributed by atoms with Gasteiger partial charge in [0, 0.05) is 35.8 Å². The Hall–Kier alpha value is -1.24. The number of anilines is 1. The molecular weight excluding hydrogens is 326 g/mol. The highest BCUT2D eigenvalue weighted by Crippen LogP contribution is 2.31. The molecule has 21 heavy (non-hydrogen) atoms. The summed E-state index contributed by atoms with van der Waals surface area (Å²) in [4.78, 5) is 18.6. The summed E-state index contributed by atoms with van der Waals surface area (Å²) in [6.07, 6.45) is 0.349. The van der Waals surface area contributed by atoms with Gasteiger partial charge in [0.2, 0.25) is 5.91 Å². The van der Waals surface area contributed by atoms with Crippen LogP contribution in [0.25, 0.3) is 0 Å². The van der Waals surface area contributed by atoms with E-state index in [4.69, 9.17) is 17.3 Å². The smallest absolute Gasteiger partial charge is 0.228 e. The molecular formula is C14H16ClN3OS2. The first-order valence-corrected chi connectivity index (χ1v) is 8.51. The second-order valence-corrected chi connectivity index (χ2v) is 7.04. The Morgan fingerprint density at radius 2 is 2.24 bits per heavy atom. The molecule has 2 N–H and O–H groups in total. The van der Waals surface area contributed by atoms with E-state index >= 15 is 0 Å². The number of likely N-dealkylation sites (N-methyl/N-ethyl adjacent to an activating group) is 1. The summed E-state index contributed by atoms with van der Waals surface area (Å²) in [7, 11) is 3.49. The van der Waals surface area contributed by atoms with Gasteiger partial charge in [-0.1, -0.05) is 11.6 Å². The molecule has 2 aromatic rings. The summed E-state index contributed by atoms with van der Waals surface area (Å²) in [5, 5.41) is 3.50. The Balaban J connectivity index is 1.97. The number of hydrogen-bond donors (Lipinski definition) is 1. The predicted molar refractivity (Wildman–Crippen MR) is 89.9 cm³/mol. The molecule has 0 aliphatic carbocycles. The number of aromatic nitrogens is 1. The monoisotopic (exact) mass is 341 g/mol. The SMILES string of the molecule is CN(C)C(=O)Cc1nc(CSc2cc(N)ccc2Cl)cs1. The zero-order chi connectivity index (χ0) is 15.4. The number of nitrogens with zero attached hydrogens (tertiary/aromatic N) is 2. The van der Waals surface area contributed by atoms with Gasteiger partial charge in [-0.25, -0.2) is 4.98 Å². The number of thiazole rings is 1. The average molecular weight is 342 g/mol. The first-order chi connectivity index (χ1) is 9.95. The number of halogens is 1. The molecule has 0 saturated heterocycles. The molecule has 0 saturated carbocycles. The minimum atomic E-state index is 0.0578. The van der Waals surface area contributed by atoms with Crippen LogP contribution < -0.4 is 5.73 Å². The number of hydrogen-bond acceptors (Lipinski definition) is 5. The van der Waals surface area contributed by atoms with Crippen LogP contribution in [0, 0.1) is 0 Å². The van der Waals surface area contributed by atoms with Crippen LogP contribution in [0.1, 0.15) is 10.7 Å². The Labute approximate surface area is 137 Å². The van der Waals surface area contributed by atoms with Crippen LogP contribution in [0.4, 0.5) is 5.69 Å². The van der Waals surface area contributed by atoms with Crippen molar-refractivity contribution in [1.29, 1.82) is 0 Å². The molecule has 2 rings (SSSR count). The van der Waals surface area contributed by atoms with Crippen LogP contribution in [0.5, 0.6) is 0 Å². The van der Waals surface area contributed by atoms with E-state index in [1.807, 2.05) is 11.4 Å². The molecule has 4 nitrogen and oxygen atoms in total. The highest BCUT2D eigenvalue weighted by Gasteiger charge is 2.10. The molecule has 0 fully saturated rings. The van der Waals surface area contributed by atoms with E-state index < -0.39 is 0 Å². The Bertz CT molecular complexity index is 643. The van der Waals surface area contributed by atoms with Gasteiger partial charge in [-0.3, -0.25) is 4.79 Å². The highest BCUT2D eigenvalue weighted by molar-refractivity contribution is 7.98. The number of nitrogens with two attached hydrogens (primary N) is 1. The van der Waals surface area contributed by atoms with Crippen molar-refractivity contribution in [1.82, 2.24) is 9.88 Å². The molecule has 0 bridgehead atoms. The number of amides is 1. The molecule has 0 atom stereocenters. The fourth-order valence-electron chi connectivity index (χ4n) is 1.57. The van der Waals surface area contributed by atoms with Crippen molar-refractivity contribution in [3.8, 4) is 0 Å². The molecule has 1 heterocycles. The maximum atomic E-state index is 11.6. The van der Waals surface area contributed by atoms with Crippen molar-refractivity contribution in [3.63, 3.8) is 0 Å². The van der Waals surface area contributed by atoms with Gasteiger partial charge in [0.05, 0.1) is 17.1 Å². The minimum Gasteiger partial charge on any atom is -0.399 e. The predicted octanol–water partition coefficient (Wildman–Crippen LogP) is 3.30. The number of carbonyl (C=O) groups is 1. The van der Waals surface area contributed by atoms with Crippen LogP contribution >= 0.6 is 34.7 Å². The lowest BCUT2D eigenvalue weighted by Crippen LogP contribution is -2.23. The second kappa shape index (κ2) is 7.15. The van der Waals surface area contributed by atoms with Gasteiger partial charge in [0.25, 0.3) is 0 Å². The zero-order valence-corrected chi connectivity index (χ0v) is 14.2. The normalized spacial score (nSPS) is 10.6. The summed E-state index contributed by atoms with van der Waals surface area (Å²) in [5.41, 5.74) is 7.40. The summed E-state index contributed by atoms with van der Waals surface area (Å²) in [5.74, 6) is 0.762. The van der Waals surface area contributed by atoms with Gasteiger partial charge in [0.15, 0.2) is 0 Å². The molecule has 112 valence electrons. The Morgan fingerprint density at radius 3 is 2.95 bits per heavy atom. The summed E-state index contributed by atoms with van der Waals surface area (Å²) in [6.45, 7) is 0. The lowest BCUT2D eigenvalue weighted by molar-refractivity contribution is -0.127. The topological polar surface area (TPSA) is 59.2 Å². The van der Waals surface area contributed by atoms with E-state index in [1.165, 1.54) is 11.3 Å². The van der Waals surface area contributed by atoms with Crippen molar-refractivity contribution >= 4 is 46.3 Å². The molecule has 1 aromatic heterocycles. The number of rotatable bonds is 5. The van der Waals surface area contributed by atoms with Crippen molar-refractivity contribution in [2.75, 3.05) is 19.8 Å². The molecule has 1 amide bonds. The summed E-state index contributed by atoms with van der Waals surface area (Å²) >= 11 is 9.22. The average Bonchev–Trinajstić information content (AvgIpc) is 2.87. The van der Waals surface area contributed by atoms with Gasteiger partial charge in [-0.2, -0.15) is 0 Å². The summed E-state index contributed by atoms with van der Waals surface area (Å²) < 4.78 is 0. The molecule has 0 aliphatic rings. The molecule has 1 aromatic carbocycles. The fourth-order valence-corrected chi connectivity index (χ4v) is 3.61. The number of carbonyl (C=O) groups excluding carboxylic acids is 1. The van der Waals surface area contributed by atoms with Gasteiger partial charge in [-0.05, 0) is 18.2 Å². The van der Waals surface area contributed by atoms with Crippen LogP contribution in [0.2, 0.25) is 5.02 Å². The van der Waals surface area contributed by atoms with E-state index in [-0.39, 0.29) is 5.91 Å². The van der Waals surface area contributed by atoms with Crippen LogP contribution in [-0.2, 0) is 17.0 Å². The number of nitrogen functional groups attached to an aromatic ring is 1. The van der Waals surface area contributed by atoms with Crippen molar-refractivity contribution in [2.45, 2.75) is 17.1 Å². The standard InChI is InChI=1S/C14H16ClN3OS2/c1-18(2)14(19)6-13-17-10(8-21-13)7-20-12-5-9(16)3-4-11(12)15/h3-5,8H,6-7,16H2,1-2H3. The van der Waals surface area contributed by atoms with E-state index in [0.29, 0.717) is 22.9 Å². The van der Waals surface area contributed by atoms with Crippen LogP contribution in [0.3, 0.4) is 0 Å². The van der Waals surface area contributed by atoms with E-state index in [1.54, 1.807) is 42.9 Å². The minimum absolute atomic E-state index is 0.0578. The number of thioether (sulfide) groups is 1. The molecule has 0 spiro atoms. The van der Waals surface area contributed by atoms with Crippen LogP contribution in [-0.4, -0.2) is 29.9 Å². The van der Waals surface area contributed by atoms with Crippen molar-refractivity contribution in [2.24, 2.45) is 0 Å². The van der Waals surface area contributed by atoms with E-state index in [2.05, 4.69) is 4.98 Å². The third kappa shape index (κ3) is 4.62. The fraction of sp³-hybridized carbons (Fsp3) is 0.286. The first-order valence-electron chi connectivity index (χ1n) is 6.27. The van der Waals surface area contributed by atoms with E-state index in [0.717, 1.165) is 15.6 Å². The third-order valence-electron chi connectivity index (χ3n) is 2.73. The number of benzene rings is 1. The lowest BCUT2D eigenvalue weighted by Gasteiger charge is -2.07. The zero-order valence-electron chi connectivity index (χ0n) is 11.8. The Morgan fingerprint density at radius 1 is 1.48 bits per heavy atom. The van der Waals surface area contributed by atoms with Gasteiger partial charge in [-0.15, -0.1) is 23.1 Å². The van der Waals surface area contributed by atoms with Gasteiger partial charge >= 0.3 is 0 Å². The van der Waals surface area contributed by atoms with Crippen LogP contribution in [0.15, 0.2) is 28.5 Å².